The molecule has 0 aromatic heterocycles. The van der Waals surface area contributed by atoms with E-state index >= 15 is 0 Å². The summed E-state index contributed by atoms with van der Waals surface area (Å²) >= 11 is 0. The van der Waals surface area contributed by atoms with Crippen molar-refractivity contribution in [3.8, 4) is 0 Å². The van der Waals surface area contributed by atoms with Crippen LogP contribution in [0.25, 0.3) is 0 Å². The molecule has 0 bridgehead atoms. The van der Waals surface area contributed by atoms with Crippen LogP contribution in [-0.4, -0.2) is 0 Å². The topological polar surface area (TPSA) is 0 Å². The number of rotatable bonds is 0. The first-order valence-corrected chi connectivity index (χ1v) is 3.10. The zero-order valence-corrected chi connectivity index (χ0v) is 5.95. The average molecular weight is 177 g/mol. The van der Waals surface area contributed by atoms with Crippen LogP contribution in [0.15, 0.2) is 18.2 Å². The van der Waals surface area contributed by atoms with E-state index in [1.807, 2.05) is 0 Å². The molecule has 12 heavy (non-hydrogen) atoms. The maximum atomic E-state index is 12.6. The summed E-state index contributed by atoms with van der Waals surface area (Å²) in [5.41, 5.74) is -1.03. The molecule has 0 amide bonds. The van der Waals surface area contributed by atoms with Crippen molar-refractivity contribution in [3.63, 3.8) is 0 Å². The molecule has 0 spiro atoms. The molecule has 0 unspecified atom stereocenters. The number of benzene rings is 1. The van der Waals surface area contributed by atoms with E-state index in [2.05, 4.69) is 6.92 Å². The van der Waals surface area contributed by atoms with E-state index in [1.165, 1.54) is 0 Å². The first-order chi connectivity index (χ1) is 5.41. The van der Waals surface area contributed by atoms with Crippen molar-refractivity contribution in [2.45, 2.75) is 6.18 Å². The van der Waals surface area contributed by atoms with Crippen molar-refractivity contribution in [1.29, 1.82) is 0 Å². The lowest BCUT2D eigenvalue weighted by molar-refractivity contribution is -0.140. The molecule has 0 heterocycles. The van der Waals surface area contributed by atoms with Crippen molar-refractivity contribution in [2.75, 3.05) is 0 Å². The number of hydrogen-bond acceptors (Lipinski definition) is 0. The standard InChI is InChI=1S/C8H5F4/c1-5-2-3-6(7(9)4-5)8(10,11)12/h2-4H,1H2. The minimum absolute atomic E-state index is 0.223. The molecule has 0 atom stereocenters. The monoisotopic (exact) mass is 177 g/mol. The van der Waals surface area contributed by atoms with Gasteiger partial charge in [0.1, 0.15) is 5.82 Å². The first kappa shape index (κ1) is 9.03. The minimum atomic E-state index is -4.63. The summed E-state index contributed by atoms with van der Waals surface area (Å²) in [5, 5.41) is 0. The van der Waals surface area contributed by atoms with Gasteiger partial charge in [0.15, 0.2) is 0 Å². The highest BCUT2D eigenvalue weighted by atomic mass is 19.4. The van der Waals surface area contributed by atoms with Gasteiger partial charge in [0.05, 0.1) is 5.56 Å². The van der Waals surface area contributed by atoms with Gasteiger partial charge < -0.3 is 0 Å². The highest BCUT2D eigenvalue weighted by Crippen LogP contribution is 2.31. The predicted molar refractivity (Wildman–Crippen MR) is 35.9 cm³/mol. The lowest BCUT2D eigenvalue weighted by atomic mass is 10.1. The third-order valence-corrected chi connectivity index (χ3v) is 1.34. The van der Waals surface area contributed by atoms with Crippen LogP contribution in [0.5, 0.6) is 0 Å². The molecule has 65 valence electrons. The van der Waals surface area contributed by atoms with Gasteiger partial charge in [-0.05, 0) is 24.6 Å². The Labute approximate surface area is 66.8 Å². The van der Waals surface area contributed by atoms with Gasteiger partial charge >= 0.3 is 6.18 Å². The van der Waals surface area contributed by atoms with Gasteiger partial charge in [0, 0.05) is 0 Å². The van der Waals surface area contributed by atoms with E-state index in [9.17, 15) is 17.6 Å². The maximum Gasteiger partial charge on any atom is 0.419 e. The summed E-state index contributed by atoms with van der Waals surface area (Å²) in [6, 6.07) is 2.55. The second-order valence-corrected chi connectivity index (χ2v) is 2.31. The molecule has 0 fully saturated rings. The molecule has 0 nitrogen and oxygen atoms in total. The Hall–Kier alpha value is -1.06. The van der Waals surface area contributed by atoms with Crippen molar-refractivity contribution in [2.24, 2.45) is 0 Å². The molecular weight excluding hydrogens is 172 g/mol. The van der Waals surface area contributed by atoms with Crippen LogP contribution in [0.3, 0.4) is 0 Å². The zero-order valence-electron chi connectivity index (χ0n) is 5.95. The van der Waals surface area contributed by atoms with Crippen LogP contribution < -0.4 is 0 Å². The first-order valence-electron chi connectivity index (χ1n) is 3.10. The molecule has 1 aromatic rings. The Morgan fingerprint density at radius 2 is 1.75 bits per heavy atom. The fourth-order valence-corrected chi connectivity index (χ4v) is 0.789. The molecule has 0 saturated carbocycles. The fourth-order valence-electron chi connectivity index (χ4n) is 0.789. The average Bonchev–Trinajstić information content (AvgIpc) is 1.83. The summed E-state index contributed by atoms with van der Waals surface area (Å²) in [6.45, 7) is 3.30. The van der Waals surface area contributed by atoms with Gasteiger partial charge in [0.2, 0.25) is 0 Å². The highest BCUT2D eigenvalue weighted by molar-refractivity contribution is 5.27. The van der Waals surface area contributed by atoms with E-state index in [0.717, 1.165) is 12.1 Å². The molecule has 4 heteroatoms. The van der Waals surface area contributed by atoms with Crippen molar-refractivity contribution >= 4 is 0 Å². The van der Waals surface area contributed by atoms with Crippen LogP contribution in [0.4, 0.5) is 17.6 Å². The smallest absolute Gasteiger partial charge is 0.206 e. The molecule has 0 saturated heterocycles. The van der Waals surface area contributed by atoms with Crippen LogP contribution in [-0.2, 0) is 6.18 Å². The molecule has 1 radical (unpaired) electrons. The van der Waals surface area contributed by atoms with E-state index in [0.29, 0.717) is 6.07 Å². The molecule has 1 rings (SSSR count). The van der Waals surface area contributed by atoms with Crippen LogP contribution in [0.2, 0.25) is 0 Å². The van der Waals surface area contributed by atoms with Crippen molar-refractivity contribution in [3.05, 3.63) is 42.1 Å². The Kier molecular flexibility index (Phi) is 2.08. The number of hydrogen-bond donors (Lipinski definition) is 0. The van der Waals surface area contributed by atoms with Gasteiger partial charge in [-0.25, -0.2) is 4.39 Å². The lowest BCUT2D eigenvalue weighted by Crippen LogP contribution is -2.07. The van der Waals surface area contributed by atoms with Gasteiger partial charge in [-0.3, -0.25) is 0 Å². The second kappa shape index (κ2) is 2.77. The molecule has 1 aromatic carbocycles. The maximum absolute atomic E-state index is 12.6. The van der Waals surface area contributed by atoms with Crippen LogP contribution >= 0.6 is 0 Å². The normalized spacial score (nSPS) is 11.8. The molecule has 0 aliphatic heterocycles. The second-order valence-electron chi connectivity index (χ2n) is 2.31. The fraction of sp³-hybridized carbons (Fsp3) is 0.125. The SMILES string of the molecule is [CH2]c1ccc(C(F)(F)F)c(F)c1. The summed E-state index contributed by atoms with van der Waals surface area (Å²) in [7, 11) is 0. The Morgan fingerprint density at radius 3 is 2.17 bits per heavy atom. The summed E-state index contributed by atoms with van der Waals surface area (Å²) < 4.78 is 48.3. The van der Waals surface area contributed by atoms with Gasteiger partial charge in [0.25, 0.3) is 0 Å². The zero-order chi connectivity index (χ0) is 9.35. The summed E-state index contributed by atoms with van der Waals surface area (Å²) in [5.74, 6) is -1.28. The Balaban J connectivity index is 3.19. The van der Waals surface area contributed by atoms with Crippen molar-refractivity contribution in [1.82, 2.24) is 0 Å². The third-order valence-electron chi connectivity index (χ3n) is 1.34. The number of halogens is 4. The number of alkyl halides is 3. The van der Waals surface area contributed by atoms with Gasteiger partial charge in [-0.1, -0.05) is 6.07 Å². The van der Waals surface area contributed by atoms with E-state index in [-0.39, 0.29) is 5.56 Å². The van der Waals surface area contributed by atoms with Crippen LogP contribution in [0, 0.1) is 12.7 Å². The summed E-state index contributed by atoms with van der Waals surface area (Å²) in [6.07, 6.45) is -4.63. The predicted octanol–water partition coefficient (Wildman–Crippen LogP) is 3.03. The van der Waals surface area contributed by atoms with Crippen LogP contribution in [0.1, 0.15) is 11.1 Å². The molecular formula is C8H5F4. The van der Waals surface area contributed by atoms with E-state index in [1.54, 1.807) is 0 Å². The Morgan fingerprint density at radius 1 is 1.17 bits per heavy atom. The third kappa shape index (κ3) is 1.75. The van der Waals surface area contributed by atoms with E-state index in [4.69, 9.17) is 0 Å². The molecule has 0 aliphatic carbocycles. The largest absolute Gasteiger partial charge is 0.419 e. The Bertz CT molecular complexity index is 288. The van der Waals surface area contributed by atoms with Crippen molar-refractivity contribution < 1.29 is 17.6 Å². The van der Waals surface area contributed by atoms with Gasteiger partial charge in [-0.2, -0.15) is 13.2 Å². The quantitative estimate of drug-likeness (QED) is 0.534. The highest BCUT2D eigenvalue weighted by Gasteiger charge is 2.33. The minimum Gasteiger partial charge on any atom is -0.206 e. The van der Waals surface area contributed by atoms with E-state index < -0.39 is 17.6 Å². The summed E-state index contributed by atoms with van der Waals surface area (Å²) in [4.78, 5) is 0. The lowest BCUT2D eigenvalue weighted by Gasteiger charge is -2.07. The van der Waals surface area contributed by atoms with Gasteiger partial charge in [-0.15, -0.1) is 0 Å². The molecule has 0 N–H and O–H groups in total. The molecule has 0 aliphatic rings.